The quantitative estimate of drug-likeness (QED) is 0.885. The number of nitrogens with zero attached hydrogens (tertiary/aromatic N) is 2. The second-order valence-electron chi connectivity index (χ2n) is 5.85. The Balaban J connectivity index is 1.71. The van der Waals surface area contributed by atoms with E-state index in [0.29, 0.717) is 5.92 Å². The highest BCUT2D eigenvalue weighted by Crippen LogP contribution is 2.30. The molecule has 2 aliphatic rings. The van der Waals surface area contributed by atoms with Gasteiger partial charge in [0.05, 0.1) is 5.69 Å². The van der Waals surface area contributed by atoms with E-state index in [1.165, 1.54) is 50.6 Å². The summed E-state index contributed by atoms with van der Waals surface area (Å²) in [6.07, 6.45) is 9.30. The van der Waals surface area contributed by atoms with Crippen molar-refractivity contribution >= 4 is 0 Å². The van der Waals surface area contributed by atoms with Crippen molar-refractivity contribution in [2.75, 3.05) is 0 Å². The van der Waals surface area contributed by atoms with Gasteiger partial charge in [0.15, 0.2) is 0 Å². The molecule has 98 valence electrons. The minimum absolute atomic E-state index is 0.610. The van der Waals surface area contributed by atoms with E-state index >= 15 is 0 Å². The van der Waals surface area contributed by atoms with Gasteiger partial charge >= 0.3 is 0 Å². The lowest BCUT2D eigenvalue weighted by atomic mass is 9.88. The Hall–Kier alpha value is -0.960. The monoisotopic (exact) mass is 245 g/mol. The number of nitrogens with one attached hydrogen (secondary N) is 1. The van der Waals surface area contributed by atoms with Crippen LogP contribution in [0, 0.1) is 6.92 Å². The average molecular weight is 245 g/mol. The topological polar surface area (TPSA) is 37.8 Å². The van der Waals surface area contributed by atoms with Crippen LogP contribution < -0.4 is 5.32 Å². The first kappa shape index (κ1) is 12.1. The molecule has 2 fully saturated rings. The molecular formula is C15H23N3. The molecule has 0 spiro atoms. The summed E-state index contributed by atoms with van der Waals surface area (Å²) in [5, 5.41) is 3.54. The molecule has 1 heterocycles. The summed E-state index contributed by atoms with van der Waals surface area (Å²) < 4.78 is 0. The van der Waals surface area contributed by atoms with Gasteiger partial charge in [-0.3, -0.25) is 0 Å². The van der Waals surface area contributed by atoms with Crippen LogP contribution in [-0.2, 0) is 6.54 Å². The number of aryl methyl sites for hydroxylation is 1. The lowest BCUT2D eigenvalue weighted by Crippen LogP contribution is -2.18. The third-order valence-corrected chi connectivity index (χ3v) is 4.04. The molecule has 0 bridgehead atoms. The Bertz CT molecular complexity index is 406. The molecule has 18 heavy (non-hydrogen) atoms. The van der Waals surface area contributed by atoms with Gasteiger partial charge < -0.3 is 5.32 Å². The lowest BCUT2D eigenvalue weighted by molar-refractivity contribution is 0.426. The van der Waals surface area contributed by atoms with Crippen LogP contribution in [0.15, 0.2) is 6.07 Å². The highest BCUT2D eigenvalue weighted by atomic mass is 15.0. The maximum absolute atomic E-state index is 4.78. The van der Waals surface area contributed by atoms with Crippen molar-refractivity contribution in [3.05, 3.63) is 23.3 Å². The normalized spacial score (nSPS) is 21.2. The van der Waals surface area contributed by atoms with Crippen molar-refractivity contribution in [2.45, 2.75) is 70.4 Å². The fraction of sp³-hybridized carbons (Fsp3) is 0.733. The van der Waals surface area contributed by atoms with E-state index in [1.54, 1.807) is 0 Å². The second-order valence-corrected chi connectivity index (χ2v) is 5.85. The summed E-state index contributed by atoms with van der Waals surface area (Å²) >= 11 is 0. The zero-order valence-electron chi connectivity index (χ0n) is 11.3. The Morgan fingerprint density at radius 3 is 2.61 bits per heavy atom. The fourth-order valence-corrected chi connectivity index (χ4v) is 2.83. The molecule has 3 rings (SSSR count). The van der Waals surface area contributed by atoms with Crippen molar-refractivity contribution in [3.8, 4) is 0 Å². The summed E-state index contributed by atoms with van der Waals surface area (Å²) in [4.78, 5) is 9.44. The molecule has 0 radical (unpaired) electrons. The van der Waals surface area contributed by atoms with Gasteiger partial charge in [-0.25, -0.2) is 9.97 Å². The molecule has 3 nitrogen and oxygen atoms in total. The summed E-state index contributed by atoms with van der Waals surface area (Å²) in [7, 11) is 0. The molecule has 3 heteroatoms. The molecule has 1 N–H and O–H groups in total. The Morgan fingerprint density at radius 2 is 1.89 bits per heavy atom. The lowest BCUT2D eigenvalue weighted by Gasteiger charge is -2.21. The molecule has 1 aromatic heterocycles. The van der Waals surface area contributed by atoms with Gasteiger partial charge in [-0.2, -0.15) is 0 Å². The predicted molar refractivity (Wildman–Crippen MR) is 72.5 cm³/mol. The van der Waals surface area contributed by atoms with Gasteiger partial charge in [0.2, 0.25) is 0 Å². The van der Waals surface area contributed by atoms with E-state index in [9.17, 15) is 0 Å². The predicted octanol–water partition coefficient (Wildman–Crippen LogP) is 3.08. The first-order chi connectivity index (χ1) is 8.81. The van der Waals surface area contributed by atoms with Gasteiger partial charge in [-0.1, -0.05) is 19.3 Å². The third-order valence-electron chi connectivity index (χ3n) is 4.04. The van der Waals surface area contributed by atoms with E-state index in [0.717, 1.165) is 24.1 Å². The highest BCUT2D eigenvalue weighted by Gasteiger charge is 2.21. The van der Waals surface area contributed by atoms with Gasteiger partial charge in [0, 0.05) is 24.2 Å². The first-order valence-electron chi connectivity index (χ1n) is 7.39. The van der Waals surface area contributed by atoms with E-state index in [2.05, 4.69) is 23.3 Å². The third kappa shape index (κ3) is 3.08. The van der Waals surface area contributed by atoms with E-state index in [1.807, 2.05) is 0 Å². The number of hydrogen-bond donors (Lipinski definition) is 1. The maximum Gasteiger partial charge on any atom is 0.131 e. The standard InChI is InChI=1S/C15H23N3/c1-11-9-14(10-16-13-7-8-13)18-15(17-11)12-5-3-2-4-6-12/h9,12-13,16H,2-8,10H2,1H3. The SMILES string of the molecule is Cc1cc(CNC2CC2)nc(C2CCCCC2)n1. The summed E-state index contributed by atoms with van der Waals surface area (Å²) in [5.74, 6) is 1.71. The molecule has 0 amide bonds. The molecule has 1 aromatic rings. The Morgan fingerprint density at radius 1 is 1.11 bits per heavy atom. The smallest absolute Gasteiger partial charge is 0.131 e. The van der Waals surface area contributed by atoms with Crippen LogP contribution in [0.3, 0.4) is 0 Å². The summed E-state index contributed by atoms with van der Waals surface area (Å²) in [5.41, 5.74) is 2.30. The van der Waals surface area contributed by atoms with Crippen LogP contribution in [0.5, 0.6) is 0 Å². The summed E-state index contributed by atoms with van der Waals surface area (Å²) in [6.45, 7) is 3.00. The first-order valence-corrected chi connectivity index (χ1v) is 7.39. The zero-order chi connectivity index (χ0) is 12.4. The molecular weight excluding hydrogens is 222 g/mol. The van der Waals surface area contributed by atoms with Crippen LogP contribution >= 0.6 is 0 Å². The van der Waals surface area contributed by atoms with Crippen molar-refractivity contribution in [1.82, 2.24) is 15.3 Å². The van der Waals surface area contributed by atoms with E-state index in [-0.39, 0.29) is 0 Å². The second kappa shape index (κ2) is 5.35. The van der Waals surface area contributed by atoms with Crippen LogP contribution in [0.25, 0.3) is 0 Å². The minimum Gasteiger partial charge on any atom is -0.308 e. The van der Waals surface area contributed by atoms with E-state index < -0.39 is 0 Å². The van der Waals surface area contributed by atoms with Crippen LogP contribution in [-0.4, -0.2) is 16.0 Å². The summed E-state index contributed by atoms with van der Waals surface area (Å²) in [6, 6.07) is 2.88. The van der Waals surface area contributed by atoms with Crippen molar-refractivity contribution in [3.63, 3.8) is 0 Å². The van der Waals surface area contributed by atoms with Crippen LogP contribution in [0.4, 0.5) is 0 Å². The Labute approximate surface area is 109 Å². The van der Waals surface area contributed by atoms with Crippen molar-refractivity contribution in [1.29, 1.82) is 0 Å². The van der Waals surface area contributed by atoms with Gasteiger partial charge in [0.1, 0.15) is 5.82 Å². The van der Waals surface area contributed by atoms with Gasteiger partial charge in [-0.05, 0) is 38.7 Å². The largest absolute Gasteiger partial charge is 0.308 e. The van der Waals surface area contributed by atoms with E-state index in [4.69, 9.17) is 4.98 Å². The molecule has 0 unspecified atom stereocenters. The van der Waals surface area contributed by atoms with Crippen molar-refractivity contribution < 1.29 is 0 Å². The number of aromatic nitrogens is 2. The fourth-order valence-electron chi connectivity index (χ4n) is 2.83. The van der Waals surface area contributed by atoms with Crippen LogP contribution in [0.2, 0.25) is 0 Å². The molecule has 0 aliphatic heterocycles. The minimum atomic E-state index is 0.610. The van der Waals surface area contributed by atoms with Crippen molar-refractivity contribution in [2.24, 2.45) is 0 Å². The average Bonchev–Trinajstić information content (AvgIpc) is 3.21. The van der Waals surface area contributed by atoms with Gasteiger partial charge in [0.25, 0.3) is 0 Å². The molecule has 2 saturated carbocycles. The molecule has 0 aromatic carbocycles. The molecule has 0 atom stereocenters. The zero-order valence-corrected chi connectivity index (χ0v) is 11.3. The Kier molecular flexibility index (Phi) is 3.59. The molecule has 0 saturated heterocycles. The van der Waals surface area contributed by atoms with Gasteiger partial charge in [-0.15, -0.1) is 0 Å². The number of rotatable bonds is 4. The highest BCUT2D eigenvalue weighted by molar-refractivity contribution is 5.13. The number of hydrogen-bond acceptors (Lipinski definition) is 3. The maximum atomic E-state index is 4.78. The molecule has 2 aliphatic carbocycles. The van der Waals surface area contributed by atoms with Crippen LogP contribution in [0.1, 0.15) is 68.1 Å².